The van der Waals surface area contributed by atoms with Crippen LogP contribution in [0.15, 0.2) is 24.3 Å². The lowest BCUT2D eigenvalue weighted by atomic mass is 9.88. The van der Waals surface area contributed by atoms with Crippen molar-refractivity contribution in [3.05, 3.63) is 29.8 Å². The fraction of sp³-hybridized carbons (Fsp3) is 0.600. The monoisotopic (exact) mass is 346 g/mol. The van der Waals surface area contributed by atoms with E-state index < -0.39 is 0 Å². The van der Waals surface area contributed by atoms with Crippen molar-refractivity contribution in [1.29, 1.82) is 0 Å². The zero-order valence-corrected chi connectivity index (χ0v) is 15.9. The summed E-state index contributed by atoms with van der Waals surface area (Å²) in [6.07, 6.45) is 0. The first-order valence-electron chi connectivity index (χ1n) is 9.04. The second-order valence-corrected chi connectivity index (χ2v) is 7.52. The normalized spacial score (nSPS) is 20.2. The summed E-state index contributed by atoms with van der Waals surface area (Å²) in [5.41, 5.74) is 1.07. The van der Waals surface area contributed by atoms with Gasteiger partial charge in [0.05, 0.1) is 13.0 Å². The number of amides is 2. The molecule has 1 aliphatic rings. The van der Waals surface area contributed by atoms with Gasteiger partial charge in [-0.2, -0.15) is 0 Å². The Morgan fingerprint density at radius 2 is 1.80 bits per heavy atom. The summed E-state index contributed by atoms with van der Waals surface area (Å²) in [7, 11) is 1.63. The highest BCUT2D eigenvalue weighted by Crippen LogP contribution is 2.34. The van der Waals surface area contributed by atoms with Crippen LogP contribution in [0.2, 0.25) is 0 Å². The number of hydrogen-bond donors (Lipinski definition) is 1. The third-order valence-electron chi connectivity index (χ3n) is 4.69. The molecule has 0 aliphatic carbocycles. The molecule has 0 radical (unpaired) electrons. The average molecular weight is 346 g/mol. The highest BCUT2D eigenvalue weighted by atomic mass is 16.5. The molecule has 0 spiro atoms. The molecule has 1 aliphatic heterocycles. The Morgan fingerprint density at radius 1 is 1.16 bits per heavy atom. The average Bonchev–Trinajstić information content (AvgIpc) is 3.04. The zero-order chi connectivity index (χ0) is 18.6. The van der Waals surface area contributed by atoms with Crippen LogP contribution in [0, 0.1) is 17.8 Å². The number of carbonyl (C=O) groups excluding carboxylic acids is 2. The molecular formula is C20H30N2O3. The molecule has 1 aromatic rings. The molecule has 1 N–H and O–H groups in total. The Balaban J connectivity index is 2.21. The lowest BCUT2D eigenvalue weighted by Gasteiger charge is -2.19. The van der Waals surface area contributed by atoms with E-state index in [4.69, 9.17) is 4.74 Å². The van der Waals surface area contributed by atoms with Gasteiger partial charge < -0.3 is 15.0 Å². The Morgan fingerprint density at radius 3 is 2.32 bits per heavy atom. The standard InChI is InChI=1S/C20H30N2O3/c1-13(2)10-21-19(23)18-12-22(20(24)14(3)4)11-17(18)15-6-8-16(25-5)9-7-15/h6-9,13-14,17-18H,10-12H2,1-5H3,(H,21,23). The Kier molecular flexibility index (Phi) is 6.45. The van der Waals surface area contributed by atoms with E-state index in [2.05, 4.69) is 19.2 Å². The number of benzene rings is 1. The number of ether oxygens (including phenoxy) is 1. The summed E-state index contributed by atoms with van der Waals surface area (Å²) in [6, 6.07) is 7.81. The van der Waals surface area contributed by atoms with Crippen LogP contribution in [0.1, 0.15) is 39.2 Å². The molecule has 1 heterocycles. The lowest BCUT2D eigenvalue weighted by Crippen LogP contribution is -2.37. The molecule has 5 heteroatoms. The molecule has 5 nitrogen and oxygen atoms in total. The van der Waals surface area contributed by atoms with E-state index in [1.807, 2.05) is 43.0 Å². The summed E-state index contributed by atoms with van der Waals surface area (Å²) in [6.45, 7) is 9.67. The second-order valence-electron chi connectivity index (χ2n) is 7.52. The van der Waals surface area contributed by atoms with Crippen molar-refractivity contribution in [3.63, 3.8) is 0 Å². The smallest absolute Gasteiger partial charge is 0.225 e. The first-order valence-corrected chi connectivity index (χ1v) is 9.04. The van der Waals surface area contributed by atoms with E-state index in [0.29, 0.717) is 25.6 Å². The van der Waals surface area contributed by atoms with E-state index in [-0.39, 0.29) is 29.6 Å². The van der Waals surface area contributed by atoms with E-state index in [9.17, 15) is 9.59 Å². The molecule has 1 saturated heterocycles. The van der Waals surface area contributed by atoms with Crippen LogP contribution in [-0.4, -0.2) is 43.5 Å². The molecule has 2 amide bonds. The van der Waals surface area contributed by atoms with Gasteiger partial charge in [-0.25, -0.2) is 0 Å². The molecule has 1 aromatic carbocycles. The van der Waals surface area contributed by atoms with E-state index in [1.165, 1.54) is 0 Å². The maximum atomic E-state index is 12.7. The Bertz CT molecular complexity index is 595. The van der Waals surface area contributed by atoms with Gasteiger partial charge in [0.25, 0.3) is 0 Å². The maximum Gasteiger partial charge on any atom is 0.225 e. The Labute approximate surface area is 150 Å². The van der Waals surface area contributed by atoms with Gasteiger partial charge >= 0.3 is 0 Å². The molecular weight excluding hydrogens is 316 g/mol. The summed E-state index contributed by atoms with van der Waals surface area (Å²) >= 11 is 0. The van der Waals surface area contributed by atoms with Gasteiger partial charge in [0.15, 0.2) is 0 Å². The van der Waals surface area contributed by atoms with Gasteiger partial charge in [-0.3, -0.25) is 9.59 Å². The molecule has 2 atom stereocenters. The molecule has 2 unspecified atom stereocenters. The summed E-state index contributed by atoms with van der Waals surface area (Å²) < 4.78 is 5.22. The highest BCUT2D eigenvalue weighted by molar-refractivity contribution is 5.84. The van der Waals surface area contributed by atoms with Gasteiger partial charge in [0.2, 0.25) is 11.8 Å². The highest BCUT2D eigenvalue weighted by Gasteiger charge is 2.40. The van der Waals surface area contributed by atoms with E-state index >= 15 is 0 Å². The van der Waals surface area contributed by atoms with Crippen molar-refractivity contribution < 1.29 is 14.3 Å². The van der Waals surface area contributed by atoms with Gasteiger partial charge in [0, 0.05) is 31.5 Å². The zero-order valence-electron chi connectivity index (χ0n) is 15.9. The largest absolute Gasteiger partial charge is 0.497 e. The predicted molar refractivity (Wildman–Crippen MR) is 98.5 cm³/mol. The van der Waals surface area contributed by atoms with Crippen LogP contribution in [0.3, 0.4) is 0 Å². The first-order chi connectivity index (χ1) is 11.8. The van der Waals surface area contributed by atoms with Crippen molar-refractivity contribution in [2.24, 2.45) is 17.8 Å². The number of nitrogens with zero attached hydrogens (tertiary/aromatic N) is 1. The summed E-state index contributed by atoms with van der Waals surface area (Å²) in [5, 5.41) is 3.03. The molecule has 0 saturated carbocycles. The van der Waals surface area contributed by atoms with Crippen LogP contribution in [0.25, 0.3) is 0 Å². The molecule has 138 valence electrons. The number of nitrogens with one attached hydrogen (secondary N) is 1. The topological polar surface area (TPSA) is 58.6 Å². The van der Waals surface area contributed by atoms with E-state index in [0.717, 1.165) is 11.3 Å². The number of likely N-dealkylation sites (tertiary alicyclic amines) is 1. The van der Waals surface area contributed by atoms with Crippen molar-refractivity contribution in [2.75, 3.05) is 26.7 Å². The maximum absolute atomic E-state index is 12.7. The van der Waals surface area contributed by atoms with Gasteiger partial charge in [-0.05, 0) is 23.6 Å². The minimum absolute atomic E-state index is 0.0146. The predicted octanol–water partition coefficient (Wildman–Crippen LogP) is 2.67. The van der Waals surface area contributed by atoms with Gasteiger partial charge in [0.1, 0.15) is 5.75 Å². The second kappa shape index (κ2) is 8.37. The number of rotatable bonds is 6. The molecule has 0 bridgehead atoms. The lowest BCUT2D eigenvalue weighted by molar-refractivity contribution is -0.133. The van der Waals surface area contributed by atoms with Crippen molar-refractivity contribution in [1.82, 2.24) is 10.2 Å². The van der Waals surface area contributed by atoms with E-state index in [1.54, 1.807) is 7.11 Å². The van der Waals surface area contributed by atoms with Gasteiger partial charge in [-0.15, -0.1) is 0 Å². The summed E-state index contributed by atoms with van der Waals surface area (Å²) in [4.78, 5) is 27.0. The third kappa shape index (κ3) is 4.74. The van der Waals surface area contributed by atoms with Crippen LogP contribution >= 0.6 is 0 Å². The minimum atomic E-state index is -0.213. The Hall–Kier alpha value is -2.04. The minimum Gasteiger partial charge on any atom is -0.497 e. The SMILES string of the molecule is COc1ccc(C2CN(C(=O)C(C)C)CC2C(=O)NCC(C)C)cc1. The van der Waals surface area contributed by atoms with Crippen LogP contribution in [0.4, 0.5) is 0 Å². The molecule has 1 fully saturated rings. The number of methoxy groups -OCH3 is 1. The van der Waals surface area contributed by atoms with Crippen LogP contribution < -0.4 is 10.1 Å². The molecule has 0 aromatic heterocycles. The molecule has 2 rings (SSSR count). The fourth-order valence-corrected chi connectivity index (χ4v) is 3.24. The first kappa shape index (κ1) is 19.3. The van der Waals surface area contributed by atoms with Crippen molar-refractivity contribution in [2.45, 2.75) is 33.6 Å². The summed E-state index contributed by atoms with van der Waals surface area (Å²) in [5.74, 6) is 1.08. The van der Waals surface area contributed by atoms with Crippen molar-refractivity contribution >= 4 is 11.8 Å². The van der Waals surface area contributed by atoms with Gasteiger partial charge in [-0.1, -0.05) is 39.8 Å². The third-order valence-corrected chi connectivity index (χ3v) is 4.69. The molecule has 25 heavy (non-hydrogen) atoms. The van der Waals surface area contributed by atoms with Crippen molar-refractivity contribution in [3.8, 4) is 5.75 Å². The van der Waals surface area contributed by atoms with Crippen LogP contribution in [-0.2, 0) is 9.59 Å². The number of carbonyl (C=O) groups is 2. The fourth-order valence-electron chi connectivity index (χ4n) is 3.24. The quantitative estimate of drug-likeness (QED) is 0.861. The number of hydrogen-bond acceptors (Lipinski definition) is 3. The van der Waals surface area contributed by atoms with Crippen LogP contribution in [0.5, 0.6) is 5.75 Å².